The van der Waals surface area contributed by atoms with Crippen LogP contribution in [-0.2, 0) is 4.79 Å². The molecule has 1 unspecified atom stereocenters. The van der Waals surface area contributed by atoms with Gasteiger partial charge in [-0.1, -0.05) is 29.8 Å². The largest absolute Gasteiger partial charge is 0.312 e. The van der Waals surface area contributed by atoms with Crippen LogP contribution in [0.4, 0.5) is 5.13 Å². The first kappa shape index (κ1) is 19.2. The molecule has 7 heteroatoms. The third-order valence-electron chi connectivity index (χ3n) is 3.80. The number of rotatable bonds is 4. The number of benzene rings is 1. The molecule has 4 nitrogen and oxygen atoms in total. The smallest absolute Gasteiger partial charge is 0.227 e. The van der Waals surface area contributed by atoms with Gasteiger partial charge in [0.25, 0.3) is 0 Å². The number of nitrogens with one attached hydrogen (secondary N) is 2. The number of halogens is 1. The van der Waals surface area contributed by atoms with E-state index in [9.17, 15) is 4.79 Å². The zero-order valence-electron chi connectivity index (χ0n) is 13.8. The quantitative estimate of drug-likeness (QED) is 0.841. The molecular weight excluding hydrogens is 362 g/mol. The van der Waals surface area contributed by atoms with E-state index in [-0.39, 0.29) is 24.4 Å². The number of aryl methyl sites for hydroxylation is 2. The average Bonchev–Trinajstić information content (AvgIpc) is 2.89. The Labute approximate surface area is 157 Å². The Balaban J connectivity index is 0.00000208. The number of anilines is 1. The number of carbonyl (C=O) groups is 1. The lowest BCUT2D eigenvalue weighted by atomic mass is 10.1. The minimum Gasteiger partial charge on any atom is -0.312 e. The summed E-state index contributed by atoms with van der Waals surface area (Å²) in [5.41, 5.74) is 3.28. The van der Waals surface area contributed by atoms with E-state index >= 15 is 0 Å². The second kappa shape index (κ2) is 8.85. The Morgan fingerprint density at radius 1 is 1.33 bits per heavy atom. The Bertz CT molecular complexity index is 682. The van der Waals surface area contributed by atoms with E-state index in [2.05, 4.69) is 46.8 Å². The van der Waals surface area contributed by atoms with Gasteiger partial charge in [-0.2, -0.15) is 11.8 Å². The number of carbonyl (C=O) groups excluding carboxylic acids is 1. The van der Waals surface area contributed by atoms with Crippen LogP contribution >= 0.6 is 35.5 Å². The van der Waals surface area contributed by atoms with Crippen LogP contribution in [0.2, 0.25) is 0 Å². The van der Waals surface area contributed by atoms with Crippen LogP contribution in [0.5, 0.6) is 0 Å². The second-order valence-electron chi connectivity index (χ2n) is 5.77. The molecule has 2 aromatic rings. The fourth-order valence-electron chi connectivity index (χ4n) is 2.57. The molecule has 1 aliphatic heterocycles. The Hall–Kier alpha value is -1.08. The van der Waals surface area contributed by atoms with Crippen molar-refractivity contribution < 1.29 is 4.79 Å². The van der Waals surface area contributed by atoms with Crippen LogP contribution in [0.25, 0.3) is 11.3 Å². The van der Waals surface area contributed by atoms with E-state index in [1.807, 2.05) is 18.7 Å². The molecule has 1 aliphatic rings. The first-order chi connectivity index (χ1) is 11.1. The molecule has 0 aliphatic carbocycles. The summed E-state index contributed by atoms with van der Waals surface area (Å²) >= 11 is 3.44. The molecule has 130 valence electrons. The van der Waals surface area contributed by atoms with Gasteiger partial charge in [-0.15, -0.1) is 23.7 Å². The maximum atomic E-state index is 12.2. The molecule has 1 atom stereocenters. The van der Waals surface area contributed by atoms with Crippen LogP contribution < -0.4 is 10.6 Å². The molecule has 2 heterocycles. The summed E-state index contributed by atoms with van der Waals surface area (Å²) < 4.78 is 0. The lowest BCUT2D eigenvalue weighted by Crippen LogP contribution is -2.39. The minimum atomic E-state index is 0. The van der Waals surface area contributed by atoms with Gasteiger partial charge < -0.3 is 10.6 Å². The van der Waals surface area contributed by atoms with Crippen molar-refractivity contribution in [3.8, 4) is 11.3 Å². The predicted molar refractivity (Wildman–Crippen MR) is 107 cm³/mol. The van der Waals surface area contributed by atoms with Crippen molar-refractivity contribution >= 4 is 46.5 Å². The summed E-state index contributed by atoms with van der Waals surface area (Å²) in [6.07, 6.45) is 0.505. The molecule has 0 bridgehead atoms. The number of aromatic nitrogens is 1. The van der Waals surface area contributed by atoms with Crippen molar-refractivity contribution in [2.24, 2.45) is 0 Å². The van der Waals surface area contributed by atoms with E-state index in [0.717, 1.165) is 34.2 Å². The van der Waals surface area contributed by atoms with Gasteiger partial charge in [-0.3, -0.25) is 4.79 Å². The van der Waals surface area contributed by atoms with E-state index in [4.69, 9.17) is 0 Å². The number of amides is 1. The van der Waals surface area contributed by atoms with Gasteiger partial charge in [0.1, 0.15) is 0 Å². The molecule has 0 saturated carbocycles. The topological polar surface area (TPSA) is 54.0 Å². The van der Waals surface area contributed by atoms with Gasteiger partial charge in [0, 0.05) is 41.0 Å². The number of hydrogen-bond acceptors (Lipinski definition) is 5. The lowest BCUT2D eigenvalue weighted by molar-refractivity contribution is -0.116. The Kier molecular flexibility index (Phi) is 7.10. The van der Waals surface area contributed by atoms with Crippen LogP contribution in [0, 0.1) is 13.8 Å². The highest BCUT2D eigenvalue weighted by molar-refractivity contribution is 7.99. The Morgan fingerprint density at radius 2 is 2.08 bits per heavy atom. The zero-order valence-corrected chi connectivity index (χ0v) is 16.2. The summed E-state index contributed by atoms with van der Waals surface area (Å²) in [5, 5.41) is 7.02. The lowest BCUT2D eigenvalue weighted by Gasteiger charge is -2.22. The normalized spacial score (nSPS) is 17.2. The van der Waals surface area contributed by atoms with Gasteiger partial charge in [-0.25, -0.2) is 4.98 Å². The molecule has 1 saturated heterocycles. The molecule has 24 heavy (non-hydrogen) atoms. The number of thiazole rings is 1. The number of hydrogen-bond donors (Lipinski definition) is 2. The maximum Gasteiger partial charge on any atom is 0.227 e. The summed E-state index contributed by atoms with van der Waals surface area (Å²) in [6.45, 7) is 5.10. The monoisotopic (exact) mass is 383 g/mol. The minimum absolute atomic E-state index is 0. The second-order valence-corrected chi connectivity index (χ2v) is 8.12. The van der Waals surface area contributed by atoms with Crippen molar-refractivity contribution in [3.63, 3.8) is 0 Å². The van der Waals surface area contributed by atoms with Gasteiger partial charge in [0.2, 0.25) is 5.91 Å². The highest BCUT2D eigenvalue weighted by Crippen LogP contribution is 2.30. The molecule has 1 aromatic heterocycles. The van der Waals surface area contributed by atoms with E-state index < -0.39 is 0 Å². The molecule has 0 spiro atoms. The van der Waals surface area contributed by atoms with Crippen LogP contribution in [0.1, 0.15) is 16.9 Å². The van der Waals surface area contributed by atoms with E-state index in [0.29, 0.717) is 11.6 Å². The third-order valence-corrected chi connectivity index (χ3v) is 5.82. The highest BCUT2D eigenvalue weighted by Gasteiger charge is 2.18. The summed E-state index contributed by atoms with van der Waals surface area (Å²) in [6, 6.07) is 8.59. The molecule has 2 N–H and O–H groups in total. The first-order valence-electron chi connectivity index (χ1n) is 7.77. The van der Waals surface area contributed by atoms with Crippen LogP contribution in [-0.4, -0.2) is 35.0 Å². The molecule has 1 aromatic carbocycles. The third kappa shape index (κ3) is 4.96. The zero-order chi connectivity index (χ0) is 16.2. The molecule has 3 rings (SSSR count). The summed E-state index contributed by atoms with van der Waals surface area (Å²) in [7, 11) is 0. The molecule has 0 radical (unpaired) electrons. The average molecular weight is 384 g/mol. The number of nitrogens with zero attached hydrogens (tertiary/aromatic N) is 1. The van der Waals surface area contributed by atoms with Crippen molar-refractivity contribution in [2.75, 3.05) is 23.4 Å². The fourth-order valence-corrected chi connectivity index (χ4v) is 4.38. The fraction of sp³-hybridized carbons (Fsp3) is 0.412. The molecule has 1 fully saturated rings. The van der Waals surface area contributed by atoms with Crippen LogP contribution in [0.15, 0.2) is 24.3 Å². The summed E-state index contributed by atoms with van der Waals surface area (Å²) in [4.78, 5) is 17.9. The highest BCUT2D eigenvalue weighted by atomic mass is 35.5. The standard InChI is InChI=1S/C17H21N3OS2.ClH/c1-11-3-5-13(6-4-11)16-12(2)23-17(20-16)19-15(21)9-14-10-22-8-7-18-14;/h3-6,14,18H,7-10H2,1-2H3,(H,19,20,21);1H. The maximum absolute atomic E-state index is 12.2. The van der Waals surface area contributed by atoms with Crippen molar-refractivity contribution in [1.29, 1.82) is 0 Å². The van der Waals surface area contributed by atoms with Gasteiger partial charge in [0.15, 0.2) is 5.13 Å². The van der Waals surface area contributed by atoms with Gasteiger partial charge in [0.05, 0.1) is 5.69 Å². The van der Waals surface area contributed by atoms with Crippen LogP contribution in [0.3, 0.4) is 0 Å². The predicted octanol–water partition coefficient (Wildman–Crippen LogP) is 3.88. The van der Waals surface area contributed by atoms with E-state index in [1.165, 1.54) is 16.9 Å². The Morgan fingerprint density at radius 3 is 2.75 bits per heavy atom. The van der Waals surface area contributed by atoms with Crippen molar-refractivity contribution in [2.45, 2.75) is 26.3 Å². The van der Waals surface area contributed by atoms with Gasteiger partial charge in [-0.05, 0) is 13.8 Å². The first-order valence-corrected chi connectivity index (χ1v) is 9.74. The SMILES string of the molecule is Cc1ccc(-c2nc(NC(=O)CC3CSCCN3)sc2C)cc1.Cl. The van der Waals surface area contributed by atoms with E-state index in [1.54, 1.807) is 0 Å². The summed E-state index contributed by atoms with van der Waals surface area (Å²) in [5.74, 6) is 2.16. The number of thioether (sulfide) groups is 1. The van der Waals surface area contributed by atoms with Gasteiger partial charge >= 0.3 is 0 Å². The molecule has 1 amide bonds. The van der Waals surface area contributed by atoms with Crippen molar-refractivity contribution in [1.82, 2.24) is 10.3 Å². The molecular formula is C17H22ClN3OS2. The van der Waals surface area contributed by atoms with Crippen molar-refractivity contribution in [3.05, 3.63) is 34.7 Å².